The Kier molecular flexibility index (Phi) is 7.31. The molecule has 0 bridgehead atoms. The molecule has 1 aliphatic heterocycles. The molecule has 2 N–H and O–H groups in total. The molecule has 1 aromatic carbocycles. The Bertz CT molecular complexity index is 776. The topological polar surface area (TPSA) is 79.8 Å². The molecule has 0 aromatic heterocycles. The van der Waals surface area contributed by atoms with Crippen molar-refractivity contribution in [1.29, 1.82) is 0 Å². The average molecular weight is 430 g/mol. The van der Waals surface area contributed by atoms with Gasteiger partial charge in [-0.3, -0.25) is 4.99 Å². The number of hydrogen-bond acceptors (Lipinski definition) is 4. The van der Waals surface area contributed by atoms with Gasteiger partial charge in [0.1, 0.15) is 5.75 Å². The normalized spacial score (nSPS) is 19.6. The van der Waals surface area contributed by atoms with Crippen LogP contribution in [0, 0.1) is 5.92 Å². The number of rotatable bonds is 6. The number of ether oxygens (including phenoxy) is 1. The minimum atomic E-state index is -3.02. The van der Waals surface area contributed by atoms with Gasteiger partial charge in [0.25, 0.3) is 0 Å². The number of nitrogens with one attached hydrogen (secondary N) is 2. The first-order valence-electron chi connectivity index (χ1n) is 7.78. The summed E-state index contributed by atoms with van der Waals surface area (Å²) >= 11 is 11.9. The first kappa shape index (κ1) is 21.0. The maximum Gasteiger partial charge on any atom is 0.387 e. The maximum absolute atomic E-state index is 12.6. The van der Waals surface area contributed by atoms with Gasteiger partial charge in [0.2, 0.25) is 0 Å². The van der Waals surface area contributed by atoms with Crippen LogP contribution in [0.15, 0.2) is 17.1 Å². The quantitative estimate of drug-likeness (QED) is 0.536. The van der Waals surface area contributed by atoms with E-state index in [1.54, 1.807) is 7.05 Å². The fraction of sp³-hybridized carbons (Fsp3) is 0.533. The molecule has 1 aromatic rings. The smallest absolute Gasteiger partial charge is 0.387 e. The van der Waals surface area contributed by atoms with Gasteiger partial charge < -0.3 is 15.4 Å². The van der Waals surface area contributed by atoms with E-state index in [2.05, 4.69) is 20.4 Å². The lowest BCUT2D eigenvalue weighted by Gasteiger charge is -2.17. The molecule has 1 heterocycles. The molecule has 1 fully saturated rings. The highest BCUT2D eigenvalue weighted by molar-refractivity contribution is 7.91. The van der Waals surface area contributed by atoms with Crippen molar-refractivity contribution in [3.8, 4) is 5.75 Å². The van der Waals surface area contributed by atoms with Crippen LogP contribution in [-0.4, -0.2) is 46.1 Å². The highest BCUT2D eigenvalue weighted by Gasteiger charge is 2.27. The fourth-order valence-corrected chi connectivity index (χ4v) is 5.08. The van der Waals surface area contributed by atoms with Crippen molar-refractivity contribution in [2.75, 3.05) is 25.1 Å². The summed E-state index contributed by atoms with van der Waals surface area (Å²) in [6, 6.07) is 2.78. The summed E-state index contributed by atoms with van der Waals surface area (Å²) in [5, 5.41) is 6.24. The molecule has 146 valence electrons. The summed E-state index contributed by atoms with van der Waals surface area (Å²) in [5.41, 5.74) is 0.342. The molecule has 2 rings (SSSR count). The van der Waals surface area contributed by atoms with Gasteiger partial charge in [0.15, 0.2) is 15.8 Å². The SMILES string of the molecule is CN=C(NCc1cc(Cl)cc(Cl)c1OC(F)F)NCC1CCS(=O)(=O)C1. The number of alkyl halides is 2. The molecule has 0 aliphatic carbocycles. The second kappa shape index (κ2) is 9.05. The molecule has 1 aliphatic rings. The Morgan fingerprint density at radius 3 is 2.69 bits per heavy atom. The minimum Gasteiger partial charge on any atom is -0.433 e. The number of benzene rings is 1. The van der Waals surface area contributed by atoms with Crippen molar-refractivity contribution in [2.24, 2.45) is 10.9 Å². The van der Waals surface area contributed by atoms with E-state index in [-0.39, 0.29) is 39.8 Å². The lowest BCUT2D eigenvalue weighted by atomic mass is 10.1. The van der Waals surface area contributed by atoms with Crippen LogP contribution in [0.25, 0.3) is 0 Å². The lowest BCUT2D eigenvalue weighted by molar-refractivity contribution is -0.0504. The second-order valence-corrected chi connectivity index (χ2v) is 8.90. The standard InChI is InChI=1S/C15H19Cl2F2N3O3S/c1-20-15(21-6-9-2-3-26(23,24)8-9)22-7-10-4-11(16)5-12(17)13(10)25-14(18)19/h4-5,9,14H,2-3,6-8H2,1H3,(H2,20,21,22). The van der Waals surface area contributed by atoms with Crippen LogP contribution in [0.1, 0.15) is 12.0 Å². The monoisotopic (exact) mass is 429 g/mol. The maximum atomic E-state index is 12.6. The zero-order chi connectivity index (χ0) is 19.3. The van der Waals surface area contributed by atoms with Crippen LogP contribution >= 0.6 is 23.2 Å². The number of aliphatic imine (C=N–C) groups is 1. The van der Waals surface area contributed by atoms with Crippen molar-refractivity contribution < 1.29 is 21.9 Å². The lowest BCUT2D eigenvalue weighted by Crippen LogP contribution is -2.39. The number of hydrogen-bond donors (Lipinski definition) is 2. The van der Waals surface area contributed by atoms with Crippen molar-refractivity contribution in [3.63, 3.8) is 0 Å². The molecule has 26 heavy (non-hydrogen) atoms. The highest BCUT2D eigenvalue weighted by Crippen LogP contribution is 2.33. The zero-order valence-electron chi connectivity index (χ0n) is 13.9. The van der Waals surface area contributed by atoms with Gasteiger partial charge in [-0.05, 0) is 24.5 Å². The summed E-state index contributed by atoms with van der Waals surface area (Å²) in [5.74, 6) is 0.592. The molecule has 0 radical (unpaired) electrons. The van der Waals surface area contributed by atoms with Gasteiger partial charge in [-0.2, -0.15) is 8.78 Å². The predicted molar refractivity (Wildman–Crippen MR) is 98.1 cm³/mol. The predicted octanol–water partition coefficient (Wildman–Crippen LogP) is 2.69. The summed E-state index contributed by atoms with van der Waals surface area (Å²) in [6.45, 7) is -2.49. The number of nitrogens with zero attached hydrogens (tertiary/aromatic N) is 1. The molecule has 0 amide bonds. The van der Waals surface area contributed by atoms with E-state index < -0.39 is 16.4 Å². The minimum absolute atomic E-state index is 0.0110. The van der Waals surface area contributed by atoms with E-state index in [0.717, 1.165) is 0 Å². The summed E-state index contributed by atoms with van der Waals surface area (Å²) < 4.78 is 52.6. The van der Waals surface area contributed by atoms with Crippen LogP contribution in [0.5, 0.6) is 5.75 Å². The van der Waals surface area contributed by atoms with E-state index in [1.807, 2.05) is 0 Å². The number of halogens is 4. The first-order chi connectivity index (χ1) is 12.2. The Balaban J connectivity index is 1.98. The van der Waals surface area contributed by atoms with E-state index in [4.69, 9.17) is 23.2 Å². The molecule has 1 unspecified atom stereocenters. The Labute approximate surface area is 160 Å². The molecule has 1 saturated heterocycles. The van der Waals surface area contributed by atoms with Crippen molar-refractivity contribution in [2.45, 2.75) is 19.6 Å². The second-order valence-electron chi connectivity index (χ2n) is 5.83. The molecule has 1 atom stereocenters. The van der Waals surface area contributed by atoms with Crippen molar-refractivity contribution in [3.05, 3.63) is 27.7 Å². The van der Waals surface area contributed by atoms with Crippen LogP contribution in [0.2, 0.25) is 10.0 Å². The largest absolute Gasteiger partial charge is 0.433 e. The zero-order valence-corrected chi connectivity index (χ0v) is 16.3. The van der Waals surface area contributed by atoms with Crippen LogP contribution in [0.4, 0.5) is 8.78 Å². The summed E-state index contributed by atoms with van der Waals surface area (Å²) in [6.07, 6.45) is 0.600. The van der Waals surface area contributed by atoms with E-state index in [1.165, 1.54) is 12.1 Å². The first-order valence-corrected chi connectivity index (χ1v) is 10.4. The van der Waals surface area contributed by atoms with E-state index in [9.17, 15) is 17.2 Å². The van der Waals surface area contributed by atoms with Crippen LogP contribution < -0.4 is 15.4 Å². The molecule has 6 nitrogen and oxygen atoms in total. The van der Waals surface area contributed by atoms with E-state index in [0.29, 0.717) is 24.5 Å². The van der Waals surface area contributed by atoms with Crippen LogP contribution in [-0.2, 0) is 16.4 Å². The Morgan fingerprint density at radius 2 is 2.12 bits per heavy atom. The third-order valence-electron chi connectivity index (χ3n) is 3.85. The summed E-state index contributed by atoms with van der Waals surface area (Å²) in [4.78, 5) is 4.03. The molecule has 0 spiro atoms. The van der Waals surface area contributed by atoms with Crippen LogP contribution in [0.3, 0.4) is 0 Å². The Hall–Kier alpha value is -1.32. The molecular formula is C15H19Cl2F2N3O3S. The number of guanidine groups is 1. The third-order valence-corrected chi connectivity index (χ3v) is 6.18. The highest BCUT2D eigenvalue weighted by atomic mass is 35.5. The van der Waals surface area contributed by atoms with E-state index >= 15 is 0 Å². The molecule has 0 saturated carbocycles. The third kappa shape index (κ3) is 6.14. The summed E-state index contributed by atoms with van der Waals surface area (Å²) in [7, 11) is -1.41. The van der Waals surface area contributed by atoms with Gasteiger partial charge in [0, 0.05) is 30.7 Å². The number of sulfone groups is 1. The fourth-order valence-electron chi connectivity index (χ4n) is 2.64. The van der Waals surface area contributed by atoms with Crippen molar-refractivity contribution >= 4 is 39.0 Å². The van der Waals surface area contributed by atoms with Gasteiger partial charge >= 0.3 is 6.61 Å². The molecule has 11 heteroatoms. The molecular weight excluding hydrogens is 411 g/mol. The Morgan fingerprint density at radius 1 is 1.38 bits per heavy atom. The van der Waals surface area contributed by atoms with Gasteiger partial charge in [-0.15, -0.1) is 0 Å². The van der Waals surface area contributed by atoms with Crippen molar-refractivity contribution in [1.82, 2.24) is 10.6 Å². The van der Waals surface area contributed by atoms with Gasteiger partial charge in [-0.1, -0.05) is 23.2 Å². The van der Waals surface area contributed by atoms with Gasteiger partial charge in [0.05, 0.1) is 16.5 Å². The average Bonchev–Trinajstić information content (AvgIpc) is 2.89. The van der Waals surface area contributed by atoms with Gasteiger partial charge in [-0.25, -0.2) is 8.42 Å².